The fraction of sp³-hybridized carbons (Fsp3) is 0.111. The number of aromatic amines is 1. The fourth-order valence-electron chi connectivity index (χ4n) is 1.27. The smallest absolute Gasteiger partial charge is 0.129 e. The average molecular weight is 165 g/mol. The van der Waals surface area contributed by atoms with Crippen molar-refractivity contribution in [1.29, 1.82) is 0 Å². The van der Waals surface area contributed by atoms with Gasteiger partial charge in [-0.15, -0.1) is 0 Å². The number of aromatic hydroxyl groups is 1. The van der Waals surface area contributed by atoms with Crippen molar-refractivity contribution in [2.45, 2.75) is 6.67 Å². The molecule has 0 aliphatic carbocycles. The number of aromatic nitrogens is 1. The Morgan fingerprint density at radius 1 is 1.42 bits per heavy atom. The number of rotatable bonds is 1. The largest absolute Gasteiger partial charge is 0.507 e. The number of nitrogens with one attached hydrogen (secondary N) is 1. The summed E-state index contributed by atoms with van der Waals surface area (Å²) in [5.74, 6) is 0.184. The number of hydrogen-bond acceptors (Lipinski definition) is 1. The van der Waals surface area contributed by atoms with E-state index in [-0.39, 0.29) is 5.75 Å². The van der Waals surface area contributed by atoms with Crippen LogP contribution >= 0.6 is 0 Å². The quantitative estimate of drug-likeness (QED) is 0.668. The van der Waals surface area contributed by atoms with Crippen molar-refractivity contribution in [2.24, 2.45) is 0 Å². The highest BCUT2D eigenvalue weighted by Crippen LogP contribution is 2.24. The zero-order valence-corrected chi connectivity index (χ0v) is 6.34. The van der Waals surface area contributed by atoms with Crippen molar-refractivity contribution in [3.63, 3.8) is 0 Å². The molecule has 2 nitrogen and oxygen atoms in total. The van der Waals surface area contributed by atoms with Crippen LogP contribution in [0.25, 0.3) is 10.9 Å². The molecule has 62 valence electrons. The van der Waals surface area contributed by atoms with Crippen LogP contribution < -0.4 is 0 Å². The zero-order chi connectivity index (χ0) is 8.55. The minimum atomic E-state index is -0.534. The summed E-state index contributed by atoms with van der Waals surface area (Å²) in [4.78, 5) is 2.85. The lowest BCUT2D eigenvalue weighted by atomic mass is 10.2. The standard InChI is InChI=1S/C9H8FNO/c10-5-6-4-7-8(11-6)2-1-3-9(7)12/h1-4,11-12H,5H2. The van der Waals surface area contributed by atoms with Crippen LogP contribution in [0.2, 0.25) is 0 Å². The van der Waals surface area contributed by atoms with E-state index in [1.165, 1.54) is 0 Å². The molecule has 12 heavy (non-hydrogen) atoms. The molecule has 0 spiro atoms. The molecule has 0 radical (unpaired) electrons. The lowest BCUT2D eigenvalue weighted by molar-refractivity contribution is 0.477. The molecule has 2 N–H and O–H groups in total. The molecule has 2 rings (SSSR count). The number of fused-ring (bicyclic) bond motifs is 1. The second-order valence-corrected chi connectivity index (χ2v) is 2.67. The van der Waals surface area contributed by atoms with Crippen LogP contribution in [0.3, 0.4) is 0 Å². The Kier molecular flexibility index (Phi) is 1.50. The first kappa shape index (κ1) is 7.16. The van der Waals surface area contributed by atoms with E-state index in [1.807, 2.05) is 0 Å². The van der Waals surface area contributed by atoms with E-state index >= 15 is 0 Å². The van der Waals surface area contributed by atoms with Crippen molar-refractivity contribution in [3.05, 3.63) is 30.0 Å². The van der Waals surface area contributed by atoms with E-state index < -0.39 is 6.67 Å². The van der Waals surface area contributed by atoms with E-state index in [1.54, 1.807) is 24.3 Å². The third-order valence-corrected chi connectivity index (χ3v) is 1.84. The Hall–Kier alpha value is -1.51. The monoisotopic (exact) mass is 165 g/mol. The van der Waals surface area contributed by atoms with Gasteiger partial charge in [0.15, 0.2) is 0 Å². The van der Waals surface area contributed by atoms with Crippen molar-refractivity contribution in [3.8, 4) is 5.75 Å². The number of phenolic OH excluding ortho intramolecular Hbond substituents is 1. The third-order valence-electron chi connectivity index (χ3n) is 1.84. The van der Waals surface area contributed by atoms with Crippen LogP contribution in [0.4, 0.5) is 4.39 Å². The molecule has 0 amide bonds. The molecule has 0 fully saturated rings. The van der Waals surface area contributed by atoms with E-state index in [2.05, 4.69) is 4.98 Å². The Labute approximate surface area is 68.6 Å². The van der Waals surface area contributed by atoms with Crippen LogP contribution in [0, 0.1) is 0 Å². The molecule has 0 unspecified atom stereocenters. The number of alkyl halides is 1. The molecule has 0 saturated carbocycles. The number of hydrogen-bond donors (Lipinski definition) is 2. The Bertz CT molecular complexity index is 408. The summed E-state index contributed by atoms with van der Waals surface area (Å²) in [7, 11) is 0. The number of halogens is 1. The first-order valence-electron chi connectivity index (χ1n) is 3.67. The first-order chi connectivity index (χ1) is 5.81. The van der Waals surface area contributed by atoms with Crippen LogP contribution in [0.15, 0.2) is 24.3 Å². The summed E-state index contributed by atoms with van der Waals surface area (Å²) >= 11 is 0. The van der Waals surface area contributed by atoms with Gasteiger partial charge in [0.25, 0.3) is 0 Å². The van der Waals surface area contributed by atoms with Gasteiger partial charge in [0.1, 0.15) is 12.4 Å². The maximum Gasteiger partial charge on any atom is 0.129 e. The highest BCUT2D eigenvalue weighted by molar-refractivity contribution is 5.86. The Balaban J connectivity index is 2.74. The minimum absolute atomic E-state index is 0.184. The molecule has 3 heteroatoms. The molecule has 0 aliphatic heterocycles. The van der Waals surface area contributed by atoms with Gasteiger partial charge < -0.3 is 10.1 Å². The Morgan fingerprint density at radius 2 is 2.25 bits per heavy atom. The van der Waals surface area contributed by atoms with Gasteiger partial charge in [-0.1, -0.05) is 6.07 Å². The van der Waals surface area contributed by atoms with Gasteiger partial charge in [-0.2, -0.15) is 0 Å². The van der Waals surface area contributed by atoms with Gasteiger partial charge in [0.2, 0.25) is 0 Å². The predicted octanol–water partition coefficient (Wildman–Crippen LogP) is 2.34. The third kappa shape index (κ3) is 0.942. The Morgan fingerprint density at radius 3 is 2.92 bits per heavy atom. The van der Waals surface area contributed by atoms with E-state index in [4.69, 9.17) is 0 Å². The molecule has 0 atom stereocenters. The van der Waals surface area contributed by atoms with Gasteiger partial charge >= 0.3 is 0 Å². The molecule has 0 bridgehead atoms. The van der Waals surface area contributed by atoms with E-state index in [0.717, 1.165) is 5.52 Å². The second-order valence-electron chi connectivity index (χ2n) is 2.67. The first-order valence-corrected chi connectivity index (χ1v) is 3.67. The van der Waals surface area contributed by atoms with Crippen LogP contribution in [0.1, 0.15) is 5.69 Å². The van der Waals surface area contributed by atoms with Crippen molar-refractivity contribution in [2.75, 3.05) is 0 Å². The lowest BCUT2D eigenvalue weighted by Gasteiger charge is -1.91. The van der Waals surface area contributed by atoms with Gasteiger partial charge in [-0.05, 0) is 18.2 Å². The molecule has 0 aliphatic rings. The lowest BCUT2D eigenvalue weighted by Crippen LogP contribution is -1.73. The predicted molar refractivity (Wildman–Crippen MR) is 44.8 cm³/mol. The molecule has 1 aromatic heterocycles. The fourth-order valence-corrected chi connectivity index (χ4v) is 1.27. The molecular weight excluding hydrogens is 157 g/mol. The summed E-state index contributed by atoms with van der Waals surface area (Å²) in [6.07, 6.45) is 0. The topological polar surface area (TPSA) is 36.0 Å². The summed E-state index contributed by atoms with van der Waals surface area (Å²) in [5, 5.41) is 10.0. The number of H-pyrrole nitrogens is 1. The van der Waals surface area contributed by atoms with Crippen molar-refractivity contribution >= 4 is 10.9 Å². The van der Waals surface area contributed by atoms with Gasteiger partial charge in [0.05, 0.1) is 0 Å². The summed E-state index contributed by atoms with van der Waals surface area (Å²) in [6.45, 7) is -0.534. The molecule has 2 aromatic rings. The molecule has 0 saturated heterocycles. The maximum absolute atomic E-state index is 12.2. The van der Waals surface area contributed by atoms with Crippen LogP contribution in [-0.4, -0.2) is 10.1 Å². The SMILES string of the molecule is Oc1cccc2[nH]c(CF)cc12. The van der Waals surface area contributed by atoms with E-state index in [0.29, 0.717) is 11.1 Å². The van der Waals surface area contributed by atoms with Crippen molar-refractivity contribution in [1.82, 2.24) is 4.98 Å². The van der Waals surface area contributed by atoms with Gasteiger partial charge in [-0.25, -0.2) is 4.39 Å². The average Bonchev–Trinajstić information content (AvgIpc) is 2.49. The minimum Gasteiger partial charge on any atom is -0.507 e. The maximum atomic E-state index is 12.2. The highest BCUT2D eigenvalue weighted by Gasteiger charge is 2.02. The van der Waals surface area contributed by atoms with Crippen LogP contribution in [0.5, 0.6) is 5.75 Å². The van der Waals surface area contributed by atoms with E-state index in [9.17, 15) is 9.50 Å². The van der Waals surface area contributed by atoms with Crippen molar-refractivity contribution < 1.29 is 9.50 Å². The molecule has 1 aromatic carbocycles. The summed E-state index contributed by atoms with van der Waals surface area (Å²) in [6, 6.07) is 6.72. The van der Waals surface area contributed by atoms with Gasteiger partial charge in [0, 0.05) is 16.6 Å². The molecular formula is C9H8FNO. The zero-order valence-electron chi connectivity index (χ0n) is 6.34. The summed E-state index contributed by atoms with van der Waals surface area (Å²) in [5.41, 5.74) is 1.26. The summed E-state index contributed by atoms with van der Waals surface area (Å²) < 4.78 is 12.2. The number of phenols is 1. The normalized spacial score (nSPS) is 10.8. The van der Waals surface area contributed by atoms with Crippen LogP contribution in [-0.2, 0) is 6.67 Å². The number of benzene rings is 1. The second kappa shape index (κ2) is 2.52. The van der Waals surface area contributed by atoms with Gasteiger partial charge in [-0.3, -0.25) is 0 Å². The highest BCUT2D eigenvalue weighted by atomic mass is 19.1. The molecule has 1 heterocycles.